The summed E-state index contributed by atoms with van der Waals surface area (Å²) in [5.41, 5.74) is 3.19. The summed E-state index contributed by atoms with van der Waals surface area (Å²) in [6.07, 6.45) is 12.2. The predicted molar refractivity (Wildman–Crippen MR) is 155 cm³/mol. The average Bonchev–Trinajstić information content (AvgIpc) is 3.41. The molecule has 1 unspecified atom stereocenters. The van der Waals surface area contributed by atoms with Gasteiger partial charge in [0.1, 0.15) is 0 Å². The number of rotatable bonds is 11. The molecular formula is C31H40F3N5. The van der Waals surface area contributed by atoms with Crippen molar-refractivity contribution in [1.82, 2.24) is 23.8 Å². The summed E-state index contributed by atoms with van der Waals surface area (Å²) in [5.74, 6) is 0.409. The molecule has 0 radical (unpaired) electrons. The van der Waals surface area contributed by atoms with Crippen LogP contribution in [0.1, 0.15) is 66.3 Å². The van der Waals surface area contributed by atoms with Gasteiger partial charge in [0.05, 0.1) is 11.2 Å². The van der Waals surface area contributed by atoms with Crippen molar-refractivity contribution in [2.45, 2.75) is 67.6 Å². The summed E-state index contributed by atoms with van der Waals surface area (Å²) < 4.78 is 46.6. The lowest BCUT2D eigenvalue weighted by Crippen LogP contribution is -2.29. The zero-order valence-corrected chi connectivity index (χ0v) is 24.0. The summed E-state index contributed by atoms with van der Waals surface area (Å²) >= 11 is 0. The van der Waals surface area contributed by atoms with Gasteiger partial charge in [-0.3, -0.25) is 13.9 Å². The second-order valence-electron chi connectivity index (χ2n) is 9.92. The van der Waals surface area contributed by atoms with Crippen LogP contribution >= 0.6 is 0 Å². The quantitative estimate of drug-likeness (QED) is 0.181. The first-order chi connectivity index (χ1) is 18.5. The maximum Gasteiger partial charge on any atom is 0.435 e. The predicted octanol–water partition coefficient (Wildman–Crippen LogP) is 8.46. The molecule has 0 fully saturated rings. The van der Waals surface area contributed by atoms with Crippen molar-refractivity contribution in [1.29, 1.82) is 0 Å². The van der Waals surface area contributed by atoms with Gasteiger partial charge in [-0.05, 0) is 71.2 Å². The van der Waals surface area contributed by atoms with E-state index in [0.717, 1.165) is 23.3 Å². The van der Waals surface area contributed by atoms with E-state index < -0.39 is 11.9 Å². The molecule has 0 bridgehead atoms. The van der Waals surface area contributed by atoms with Crippen LogP contribution in [0.25, 0.3) is 22.6 Å². The summed E-state index contributed by atoms with van der Waals surface area (Å²) in [5, 5.41) is 0. The van der Waals surface area contributed by atoms with Gasteiger partial charge in [0.2, 0.25) is 5.78 Å². The minimum atomic E-state index is -4.59. The Kier molecular flexibility index (Phi) is 10.1. The molecular weight excluding hydrogens is 499 g/mol. The highest BCUT2D eigenvalue weighted by atomic mass is 19.4. The zero-order valence-electron chi connectivity index (χ0n) is 24.0. The van der Waals surface area contributed by atoms with E-state index in [1.54, 1.807) is 21.2 Å². The van der Waals surface area contributed by atoms with E-state index in [4.69, 9.17) is 0 Å². The number of halogens is 3. The average molecular weight is 540 g/mol. The van der Waals surface area contributed by atoms with Gasteiger partial charge in [-0.1, -0.05) is 62.0 Å². The Labute approximate surface area is 229 Å². The molecule has 0 aliphatic rings. The van der Waals surface area contributed by atoms with Crippen molar-refractivity contribution in [3.63, 3.8) is 0 Å². The molecule has 0 saturated heterocycles. The number of fused-ring (bicyclic) bond motifs is 3. The molecule has 3 aromatic heterocycles. The minimum Gasteiger partial charge on any atom is -0.297 e. The van der Waals surface area contributed by atoms with Gasteiger partial charge in [-0.15, -0.1) is 0 Å². The first-order valence-electron chi connectivity index (χ1n) is 13.5. The van der Waals surface area contributed by atoms with Crippen molar-refractivity contribution >= 4 is 22.6 Å². The standard InChI is InChI=1S/C31H40F3N5/c1-8-11-12-13-16-23(5)20-37(10-3)21-27-28(31(32,33)34)36-30-38(25(7)24(6)19-22(4)15-9-2)29-26(39(27)30)17-14-18-35-29/h8-9,11,13-19,23H,10,12,20-21H2,1-7H3/b11-8-,15-9+,16-13-,22-19-,25-24+. The highest BCUT2D eigenvalue weighted by Crippen LogP contribution is 2.36. The first kappa shape index (κ1) is 30.2. The lowest BCUT2D eigenvalue weighted by Gasteiger charge is -2.23. The summed E-state index contributed by atoms with van der Waals surface area (Å²) in [4.78, 5) is 10.8. The molecule has 0 amide bonds. The third kappa shape index (κ3) is 6.98. The number of pyridine rings is 1. The third-order valence-electron chi connectivity index (χ3n) is 6.76. The molecule has 5 nitrogen and oxygen atoms in total. The Morgan fingerprint density at radius 2 is 1.87 bits per heavy atom. The van der Waals surface area contributed by atoms with E-state index in [1.165, 1.54) is 0 Å². The molecule has 0 aliphatic heterocycles. The van der Waals surface area contributed by atoms with Crippen LogP contribution in [0.3, 0.4) is 0 Å². The van der Waals surface area contributed by atoms with Gasteiger partial charge in [0.15, 0.2) is 11.3 Å². The van der Waals surface area contributed by atoms with Crippen LogP contribution in [-0.2, 0) is 12.7 Å². The van der Waals surface area contributed by atoms with Crippen LogP contribution in [-0.4, -0.2) is 36.9 Å². The minimum absolute atomic E-state index is 0.121. The Balaban J connectivity index is 2.19. The van der Waals surface area contributed by atoms with Crippen molar-refractivity contribution < 1.29 is 13.2 Å². The molecule has 0 saturated carbocycles. The SMILES string of the molecule is C/C=C\C/C=C\C(C)CN(CC)Cc1c(C(F)(F)F)nc2n(/C(C)=C(C)/C=C(C)\C=C\C)c3ncccc3n12. The fourth-order valence-electron chi connectivity index (χ4n) is 4.80. The van der Waals surface area contributed by atoms with Gasteiger partial charge in [-0.2, -0.15) is 13.2 Å². The molecule has 3 aromatic rings. The largest absolute Gasteiger partial charge is 0.435 e. The topological polar surface area (TPSA) is 38.4 Å². The molecule has 0 aliphatic carbocycles. The maximum absolute atomic E-state index is 14.4. The monoisotopic (exact) mass is 539 g/mol. The van der Waals surface area contributed by atoms with Crippen molar-refractivity contribution in [3.05, 3.63) is 83.4 Å². The van der Waals surface area contributed by atoms with E-state index >= 15 is 0 Å². The van der Waals surface area contributed by atoms with E-state index in [2.05, 4.69) is 35.1 Å². The normalized spacial score (nSPS) is 15.2. The van der Waals surface area contributed by atoms with Gasteiger partial charge < -0.3 is 0 Å². The van der Waals surface area contributed by atoms with E-state index in [9.17, 15) is 13.2 Å². The van der Waals surface area contributed by atoms with Crippen LogP contribution in [0.2, 0.25) is 0 Å². The highest BCUT2D eigenvalue weighted by Gasteiger charge is 2.39. The molecule has 3 rings (SSSR count). The van der Waals surface area contributed by atoms with Gasteiger partial charge in [-0.25, -0.2) is 9.97 Å². The lowest BCUT2D eigenvalue weighted by atomic mass is 10.1. The summed E-state index contributed by atoms with van der Waals surface area (Å²) in [6, 6.07) is 3.56. The summed E-state index contributed by atoms with van der Waals surface area (Å²) in [6.45, 7) is 15.2. The molecule has 8 heteroatoms. The number of imidazole rings is 2. The fraction of sp³-hybridized carbons (Fsp3) is 0.419. The van der Waals surface area contributed by atoms with Gasteiger partial charge >= 0.3 is 6.18 Å². The molecule has 3 heterocycles. The van der Waals surface area contributed by atoms with Gasteiger partial charge in [0, 0.05) is 25.0 Å². The molecule has 1 atom stereocenters. The number of aromatic nitrogens is 4. The first-order valence-corrected chi connectivity index (χ1v) is 13.5. The Morgan fingerprint density at radius 3 is 2.51 bits per heavy atom. The number of allylic oxidation sites excluding steroid dienone is 9. The molecule has 0 N–H and O–H groups in total. The number of nitrogens with zero attached hydrogens (tertiary/aromatic N) is 5. The van der Waals surface area contributed by atoms with Crippen LogP contribution in [0.4, 0.5) is 13.2 Å². The van der Waals surface area contributed by atoms with Crippen molar-refractivity contribution in [2.75, 3.05) is 13.1 Å². The van der Waals surface area contributed by atoms with E-state index in [1.807, 2.05) is 76.8 Å². The maximum atomic E-state index is 14.4. The Morgan fingerprint density at radius 1 is 1.13 bits per heavy atom. The smallest absolute Gasteiger partial charge is 0.297 e. The van der Waals surface area contributed by atoms with E-state index in [-0.39, 0.29) is 23.9 Å². The zero-order chi connectivity index (χ0) is 28.7. The van der Waals surface area contributed by atoms with Crippen molar-refractivity contribution in [3.8, 4) is 0 Å². The van der Waals surface area contributed by atoms with Crippen LogP contribution in [0, 0.1) is 5.92 Å². The van der Waals surface area contributed by atoms with E-state index in [0.29, 0.717) is 24.3 Å². The van der Waals surface area contributed by atoms with Crippen LogP contribution in [0.5, 0.6) is 0 Å². The number of hydrogen-bond acceptors (Lipinski definition) is 3. The fourth-order valence-corrected chi connectivity index (χ4v) is 4.80. The highest BCUT2D eigenvalue weighted by molar-refractivity contribution is 5.83. The summed E-state index contributed by atoms with van der Waals surface area (Å²) in [7, 11) is 0. The number of alkyl halides is 3. The second kappa shape index (κ2) is 13.1. The van der Waals surface area contributed by atoms with Gasteiger partial charge in [0.25, 0.3) is 0 Å². The second-order valence-corrected chi connectivity index (χ2v) is 9.92. The molecule has 0 spiro atoms. The number of hydrogen-bond donors (Lipinski definition) is 0. The molecule has 0 aromatic carbocycles. The Hall–Kier alpha value is -3.39. The van der Waals surface area contributed by atoms with Crippen LogP contribution < -0.4 is 0 Å². The van der Waals surface area contributed by atoms with Crippen molar-refractivity contribution in [2.24, 2.45) is 5.92 Å². The Bertz CT molecular complexity index is 1430. The lowest BCUT2D eigenvalue weighted by molar-refractivity contribution is -0.141. The van der Waals surface area contributed by atoms with Crippen LogP contribution in [0.15, 0.2) is 72.0 Å². The molecule has 210 valence electrons. The molecule has 39 heavy (non-hydrogen) atoms. The third-order valence-corrected chi connectivity index (χ3v) is 6.76.